The SMILES string of the molecule is CC(N)C1CCN(C(=O)CC(c2ccccc2)C(F)(F)F)CC1. The minimum absolute atomic E-state index is 0.0551. The normalized spacial score (nSPS) is 19.4. The average molecular weight is 328 g/mol. The molecule has 23 heavy (non-hydrogen) atoms. The van der Waals surface area contributed by atoms with E-state index in [0.29, 0.717) is 19.0 Å². The summed E-state index contributed by atoms with van der Waals surface area (Å²) >= 11 is 0. The Balaban J connectivity index is 2.02. The predicted molar refractivity (Wildman–Crippen MR) is 82.8 cm³/mol. The van der Waals surface area contributed by atoms with Crippen LogP contribution in [0.4, 0.5) is 13.2 Å². The summed E-state index contributed by atoms with van der Waals surface area (Å²) in [4.78, 5) is 13.8. The molecule has 6 heteroatoms. The molecule has 2 N–H and O–H groups in total. The Hall–Kier alpha value is -1.56. The molecule has 1 heterocycles. The van der Waals surface area contributed by atoms with Crippen LogP contribution in [-0.4, -0.2) is 36.1 Å². The van der Waals surface area contributed by atoms with E-state index >= 15 is 0 Å². The first-order valence-electron chi connectivity index (χ1n) is 7.94. The van der Waals surface area contributed by atoms with Gasteiger partial charge in [-0.1, -0.05) is 30.3 Å². The van der Waals surface area contributed by atoms with Gasteiger partial charge in [0.05, 0.1) is 5.92 Å². The summed E-state index contributed by atoms with van der Waals surface area (Å²) in [6.07, 6.45) is -3.45. The molecule has 1 amide bonds. The van der Waals surface area contributed by atoms with Gasteiger partial charge in [0.25, 0.3) is 0 Å². The predicted octanol–water partition coefficient (Wildman–Crippen LogP) is 3.31. The molecule has 0 aliphatic carbocycles. The first-order chi connectivity index (χ1) is 10.8. The number of carbonyl (C=O) groups excluding carboxylic acids is 1. The Kier molecular flexibility index (Phi) is 5.68. The van der Waals surface area contributed by atoms with E-state index in [1.54, 1.807) is 23.1 Å². The maximum absolute atomic E-state index is 13.3. The van der Waals surface area contributed by atoms with E-state index in [1.165, 1.54) is 12.1 Å². The Labute approximate surface area is 134 Å². The van der Waals surface area contributed by atoms with E-state index in [0.717, 1.165) is 12.8 Å². The van der Waals surface area contributed by atoms with Gasteiger partial charge in [-0.3, -0.25) is 4.79 Å². The molecule has 1 aromatic carbocycles. The summed E-state index contributed by atoms with van der Waals surface area (Å²) in [6, 6.07) is 7.69. The lowest BCUT2D eigenvalue weighted by Crippen LogP contribution is -2.43. The molecule has 1 aromatic rings. The number of likely N-dealkylation sites (tertiary alicyclic amines) is 1. The number of hydrogen-bond acceptors (Lipinski definition) is 2. The molecule has 0 bridgehead atoms. The molecule has 0 aromatic heterocycles. The number of alkyl halides is 3. The second-order valence-corrected chi connectivity index (χ2v) is 6.29. The fourth-order valence-electron chi connectivity index (χ4n) is 3.09. The maximum Gasteiger partial charge on any atom is 0.396 e. The molecule has 1 fully saturated rings. The average Bonchev–Trinajstić information content (AvgIpc) is 2.52. The van der Waals surface area contributed by atoms with Crippen molar-refractivity contribution in [3.05, 3.63) is 35.9 Å². The van der Waals surface area contributed by atoms with Gasteiger partial charge in [0, 0.05) is 25.6 Å². The van der Waals surface area contributed by atoms with Crippen LogP contribution in [-0.2, 0) is 4.79 Å². The van der Waals surface area contributed by atoms with E-state index in [1.807, 2.05) is 6.92 Å². The van der Waals surface area contributed by atoms with Crippen LogP contribution >= 0.6 is 0 Å². The molecular formula is C17H23F3N2O. The molecule has 128 valence electrons. The van der Waals surface area contributed by atoms with Crippen molar-refractivity contribution < 1.29 is 18.0 Å². The van der Waals surface area contributed by atoms with Crippen molar-refractivity contribution in [1.29, 1.82) is 0 Å². The zero-order valence-corrected chi connectivity index (χ0v) is 13.2. The summed E-state index contributed by atoms with van der Waals surface area (Å²) in [5, 5.41) is 0. The lowest BCUT2D eigenvalue weighted by Gasteiger charge is -2.34. The molecule has 2 unspecified atom stereocenters. The van der Waals surface area contributed by atoms with Crippen LogP contribution in [0, 0.1) is 5.92 Å². The van der Waals surface area contributed by atoms with Crippen LogP contribution in [0.25, 0.3) is 0 Å². The summed E-state index contributed by atoms with van der Waals surface area (Å²) in [5.41, 5.74) is 5.99. The second kappa shape index (κ2) is 7.34. The third kappa shape index (κ3) is 4.70. The smallest absolute Gasteiger partial charge is 0.343 e. The Bertz CT molecular complexity index is 508. The Morgan fingerprint density at radius 3 is 2.30 bits per heavy atom. The highest BCUT2D eigenvalue weighted by Crippen LogP contribution is 2.38. The van der Waals surface area contributed by atoms with Crippen molar-refractivity contribution >= 4 is 5.91 Å². The highest BCUT2D eigenvalue weighted by atomic mass is 19.4. The van der Waals surface area contributed by atoms with E-state index < -0.39 is 24.4 Å². The lowest BCUT2D eigenvalue weighted by atomic mass is 9.90. The number of carbonyl (C=O) groups is 1. The van der Waals surface area contributed by atoms with Crippen LogP contribution in [0.5, 0.6) is 0 Å². The fourth-order valence-corrected chi connectivity index (χ4v) is 3.09. The molecule has 3 nitrogen and oxygen atoms in total. The van der Waals surface area contributed by atoms with Gasteiger partial charge in [0.15, 0.2) is 0 Å². The van der Waals surface area contributed by atoms with Crippen LogP contribution in [0.1, 0.15) is 37.7 Å². The summed E-state index contributed by atoms with van der Waals surface area (Å²) in [5.74, 6) is -1.84. The second-order valence-electron chi connectivity index (χ2n) is 6.29. The van der Waals surface area contributed by atoms with Gasteiger partial charge in [-0.15, -0.1) is 0 Å². The molecule has 0 saturated carbocycles. The van der Waals surface area contributed by atoms with Gasteiger partial charge in [0.2, 0.25) is 5.91 Å². The number of hydrogen-bond donors (Lipinski definition) is 1. The molecule has 0 spiro atoms. The fraction of sp³-hybridized carbons (Fsp3) is 0.588. The molecule has 1 aliphatic rings. The third-order valence-electron chi connectivity index (χ3n) is 4.61. The zero-order valence-electron chi connectivity index (χ0n) is 13.2. The molecule has 1 saturated heterocycles. The molecule has 2 rings (SSSR count). The standard InChI is InChI=1S/C17H23F3N2O/c1-12(21)13-7-9-22(10-8-13)16(23)11-15(17(18,19)20)14-5-3-2-4-6-14/h2-6,12-13,15H,7-11,21H2,1H3. The third-order valence-corrected chi connectivity index (χ3v) is 4.61. The van der Waals surface area contributed by atoms with Crippen molar-refractivity contribution in [2.45, 2.75) is 44.3 Å². The van der Waals surface area contributed by atoms with Crippen molar-refractivity contribution in [3.63, 3.8) is 0 Å². The minimum Gasteiger partial charge on any atom is -0.343 e. The number of rotatable bonds is 4. The Morgan fingerprint density at radius 1 is 1.26 bits per heavy atom. The number of piperidine rings is 1. The molecule has 0 radical (unpaired) electrons. The van der Waals surface area contributed by atoms with E-state index in [4.69, 9.17) is 5.73 Å². The van der Waals surface area contributed by atoms with Crippen LogP contribution < -0.4 is 5.73 Å². The van der Waals surface area contributed by atoms with Crippen molar-refractivity contribution in [3.8, 4) is 0 Å². The van der Waals surface area contributed by atoms with Gasteiger partial charge in [-0.25, -0.2) is 0 Å². The van der Waals surface area contributed by atoms with Crippen LogP contribution in [0.15, 0.2) is 30.3 Å². The number of nitrogens with zero attached hydrogens (tertiary/aromatic N) is 1. The number of amides is 1. The number of benzene rings is 1. The van der Waals surface area contributed by atoms with Crippen LogP contribution in [0.3, 0.4) is 0 Å². The monoisotopic (exact) mass is 328 g/mol. The zero-order chi connectivity index (χ0) is 17.0. The molecule has 1 aliphatic heterocycles. The molecular weight excluding hydrogens is 305 g/mol. The first kappa shape index (κ1) is 17.8. The highest BCUT2D eigenvalue weighted by molar-refractivity contribution is 5.77. The summed E-state index contributed by atoms with van der Waals surface area (Å²) in [7, 11) is 0. The van der Waals surface area contributed by atoms with Gasteiger partial charge < -0.3 is 10.6 Å². The van der Waals surface area contributed by atoms with Crippen molar-refractivity contribution in [2.75, 3.05) is 13.1 Å². The van der Waals surface area contributed by atoms with E-state index in [-0.39, 0.29) is 11.6 Å². The highest BCUT2D eigenvalue weighted by Gasteiger charge is 2.42. The van der Waals surface area contributed by atoms with Gasteiger partial charge >= 0.3 is 6.18 Å². The van der Waals surface area contributed by atoms with E-state index in [2.05, 4.69) is 0 Å². The largest absolute Gasteiger partial charge is 0.396 e. The van der Waals surface area contributed by atoms with Gasteiger partial charge in [-0.2, -0.15) is 13.2 Å². The van der Waals surface area contributed by atoms with Crippen LogP contribution in [0.2, 0.25) is 0 Å². The topological polar surface area (TPSA) is 46.3 Å². The number of halogens is 3. The lowest BCUT2D eigenvalue weighted by molar-refractivity contribution is -0.161. The van der Waals surface area contributed by atoms with Gasteiger partial charge in [-0.05, 0) is 31.2 Å². The minimum atomic E-state index is -4.43. The van der Waals surface area contributed by atoms with Gasteiger partial charge in [0.1, 0.15) is 0 Å². The summed E-state index contributed by atoms with van der Waals surface area (Å²) < 4.78 is 39.9. The quantitative estimate of drug-likeness (QED) is 0.922. The molecule has 2 atom stereocenters. The summed E-state index contributed by atoms with van der Waals surface area (Å²) in [6.45, 7) is 2.91. The Morgan fingerprint density at radius 2 is 1.83 bits per heavy atom. The number of nitrogens with two attached hydrogens (primary N) is 1. The maximum atomic E-state index is 13.3. The van der Waals surface area contributed by atoms with Crippen molar-refractivity contribution in [2.24, 2.45) is 11.7 Å². The van der Waals surface area contributed by atoms with E-state index in [9.17, 15) is 18.0 Å². The first-order valence-corrected chi connectivity index (χ1v) is 7.94. The van der Waals surface area contributed by atoms with Crippen molar-refractivity contribution in [1.82, 2.24) is 4.90 Å².